The standard InChI is InChI=1S/C20H25N3O4/c1-2-27-18-5-3-17(4-6-18)22-20(25)21-13-15-7-10-23(11-8-15)19(24)16-9-12-26-14-16/h3-6,9,12,14-15H,2,7-8,10-11,13H2,1H3,(H2,21,22,25). The largest absolute Gasteiger partial charge is 0.494 e. The molecule has 27 heavy (non-hydrogen) atoms. The minimum absolute atomic E-state index is 0.00315. The summed E-state index contributed by atoms with van der Waals surface area (Å²) in [5, 5.41) is 5.73. The number of hydrogen-bond acceptors (Lipinski definition) is 4. The van der Waals surface area contributed by atoms with Crippen molar-refractivity contribution in [2.75, 3.05) is 31.6 Å². The van der Waals surface area contributed by atoms with Gasteiger partial charge in [0.25, 0.3) is 5.91 Å². The summed E-state index contributed by atoms with van der Waals surface area (Å²) >= 11 is 0. The van der Waals surface area contributed by atoms with Crippen molar-refractivity contribution in [3.63, 3.8) is 0 Å². The topological polar surface area (TPSA) is 83.8 Å². The molecule has 1 aliphatic rings. The van der Waals surface area contributed by atoms with Gasteiger partial charge in [-0.1, -0.05) is 0 Å². The normalized spacial score (nSPS) is 14.6. The van der Waals surface area contributed by atoms with Crippen molar-refractivity contribution in [2.24, 2.45) is 5.92 Å². The number of nitrogens with one attached hydrogen (secondary N) is 2. The van der Waals surface area contributed by atoms with Crippen LogP contribution < -0.4 is 15.4 Å². The molecule has 3 amide bonds. The lowest BCUT2D eigenvalue weighted by atomic mass is 9.96. The summed E-state index contributed by atoms with van der Waals surface area (Å²) in [5.74, 6) is 1.15. The first-order chi connectivity index (χ1) is 13.2. The molecule has 1 aliphatic heterocycles. The first-order valence-corrected chi connectivity index (χ1v) is 9.25. The number of piperidine rings is 1. The molecule has 0 radical (unpaired) electrons. The lowest BCUT2D eigenvalue weighted by Crippen LogP contribution is -2.42. The van der Waals surface area contributed by atoms with Crippen LogP contribution in [0.2, 0.25) is 0 Å². The summed E-state index contributed by atoms with van der Waals surface area (Å²) in [6.45, 7) is 4.52. The summed E-state index contributed by atoms with van der Waals surface area (Å²) in [6.07, 6.45) is 4.72. The highest BCUT2D eigenvalue weighted by atomic mass is 16.5. The molecule has 7 nitrogen and oxygen atoms in total. The lowest BCUT2D eigenvalue weighted by Gasteiger charge is -2.31. The van der Waals surface area contributed by atoms with E-state index in [-0.39, 0.29) is 11.9 Å². The fraction of sp³-hybridized carbons (Fsp3) is 0.400. The fourth-order valence-corrected chi connectivity index (χ4v) is 3.12. The number of nitrogens with zero attached hydrogens (tertiary/aromatic N) is 1. The van der Waals surface area contributed by atoms with Crippen molar-refractivity contribution >= 4 is 17.6 Å². The molecule has 1 aromatic carbocycles. The van der Waals surface area contributed by atoms with Crippen LogP contribution in [-0.4, -0.2) is 43.1 Å². The molecule has 3 rings (SSSR count). The van der Waals surface area contributed by atoms with E-state index in [1.54, 1.807) is 6.07 Å². The van der Waals surface area contributed by atoms with Gasteiger partial charge in [-0.15, -0.1) is 0 Å². The van der Waals surface area contributed by atoms with E-state index >= 15 is 0 Å². The van der Waals surface area contributed by atoms with E-state index < -0.39 is 0 Å². The van der Waals surface area contributed by atoms with Crippen LogP contribution in [0.15, 0.2) is 47.3 Å². The number of furan rings is 1. The van der Waals surface area contributed by atoms with Gasteiger partial charge in [0, 0.05) is 25.3 Å². The van der Waals surface area contributed by atoms with Gasteiger partial charge in [-0.25, -0.2) is 4.79 Å². The van der Waals surface area contributed by atoms with Gasteiger partial charge in [0.1, 0.15) is 12.0 Å². The lowest BCUT2D eigenvalue weighted by molar-refractivity contribution is 0.0690. The Balaban J connectivity index is 1.38. The number of rotatable bonds is 6. The maximum atomic E-state index is 12.3. The van der Waals surface area contributed by atoms with Gasteiger partial charge in [-0.3, -0.25) is 4.79 Å². The summed E-state index contributed by atoms with van der Waals surface area (Å²) in [5.41, 5.74) is 1.30. The molecule has 1 fully saturated rings. The zero-order valence-corrected chi connectivity index (χ0v) is 15.4. The first kappa shape index (κ1) is 18.8. The number of amides is 3. The molecule has 0 unspecified atom stereocenters. The van der Waals surface area contributed by atoms with E-state index in [4.69, 9.17) is 9.15 Å². The number of benzene rings is 1. The zero-order valence-electron chi connectivity index (χ0n) is 15.4. The zero-order chi connectivity index (χ0) is 19.1. The van der Waals surface area contributed by atoms with Gasteiger partial charge in [-0.05, 0) is 56.0 Å². The van der Waals surface area contributed by atoms with E-state index in [1.807, 2.05) is 36.1 Å². The van der Waals surface area contributed by atoms with E-state index in [2.05, 4.69) is 10.6 Å². The van der Waals surface area contributed by atoms with E-state index in [9.17, 15) is 9.59 Å². The summed E-state index contributed by atoms with van der Waals surface area (Å²) in [4.78, 5) is 26.2. The second kappa shape index (κ2) is 9.12. The molecule has 0 spiro atoms. The third kappa shape index (κ3) is 5.26. The quantitative estimate of drug-likeness (QED) is 0.816. The highest BCUT2D eigenvalue weighted by Gasteiger charge is 2.24. The minimum Gasteiger partial charge on any atom is -0.494 e. The predicted octanol–water partition coefficient (Wildman–Crippen LogP) is 3.35. The molecule has 2 N–H and O–H groups in total. The SMILES string of the molecule is CCOc1ccc(NC(=O)NCC2CCN(C(=O)c3ccoc3)CC2)cc1. The number of carbonyl (C=O) groups is 2. The minimum atomic E-state index is -0.226. The Labute approximate surface area is 158 Å². The molecule has 0 bridgehead atoms. The van der Waals surface area contributed by atoms with Gasteiger partial charge >= 0.3 is 6.03 Å². The van der Waals surface area contributed by atoms with Gasteiger partial charge in [0.2, 0.25) is 0 Å². The molecule has 7 heteroatoms. The first-order valence-electron chi connectivity index (χ1n) is 9.25. The molecular formula is C20H25N3O4. The molecule has 144 valence electrons. The van der Waals surface area contributed by atoms with Crippen LogP contribution in [0.25, 0.3) is 0 Å². The van der Waals surface area contributed by atoms with E-state index in [1.165, 1.54) is 12.5 Å². The van der Waals surface area contributed by atoms with Gasteiger partial charge < -0.3 is 24.7 Å². The van der Waals surface area contributed by atoms with Crippen LogP contribution >= 0.6 is 0 Å². The van der Waals surface area contributed by atoms with Gasteiger partial charge in [0.15, 0.2) is 0 Å². The van der Waals surface area contributed by atoms with Gasteiger partial charge in [0.05, 0.1) is 18.4 Å². The van der Waals surface area contributed by atoms with Crippen LogP contribution in [-0.2, 0) is 0 Å². The highest BCUT2D eigenvalue weighted by Crippen LogP contribution is 2.19. The highest BCUT2D eigenvalue weighted by molar-refractivity contribution is 5.93. The maximum Gasteiger partial charge on any atom is 0.319 e. The van der Waals surface area contributed by atoms with Crippen molar-refractivity contribution in [1.29, 1.82) is 0 Å². The molecule has 1 aromatic heterocycles. The van der Waals surface area contributed by atoms with Crippen LogP contribution in [0, 0.1) is 5.92 Å². The number of hydrogen-bond donors (Lipinski definition) is 2. The molecule has 0 saturated carbocycles. The Hall–Kier alpha value is -2.96. The average molecular weight is 371 g/mol. The average Bonchev–Trinajstić information content (AvgIpc) is 3.23. The number of carbonyl (C=O) groups excluding carboxylic acids is 2. The fourth-order valence-electron chi connectivity index (χ4n) is 3.12. The maximum absolute atomic E-state index is 12.3. The van der Waals surface area contributed by atoms with Crippen LogP contribution in [0.5, 0.6) is 5.75 Å². The molecule has 2 heterocycles. The third-order valence-corrected chi connectivity index (χ3v) is 4.64. The number of anilines is 1. The molecular weight excluding hydrogens is 346 g/mol. The molecule has 1 saturated heterocycles. The van der Waals surface area contributed by atoms with Gasteiger partial charge in [-0.2, -0.15) is 0 Å². The third-order valence-electron chi connectivity index (χ3n) is 4.64. The smallest absolute Gasteiger partial charge is 0.319 e. The molecule has 0 aliphatic carbocycles. The van der Waals surface area contributed by atoms with Crippen LogP contribution in [0.1, 0.15) is 30.1 Å². The van der Waals surface area contributed by atoms with E-state index in [0.29, 0.717) is 37.7 Å². The van der Waals surface area contributed by atoms with Crippen molar-refractivity contribution in [3.8, 4) is 5.75 Å². The second-order valence-corrected chi connectivity index (χ2v) is 6.54. The predicted molar refractivity (Wildman–Crippen MR) is 102 cm³/mol. The van der Waals surface area contributed by atoms with Crippen molar-refractivity contribution in [1.82, 2.24) is 10.2 Å². The summed E-state index contributed by atoms with van der Waals surface area (Å²) in [6, 6.07) is 8.73. The second-order valence-electron chi connectivity index (χ2n) is 6.54. The molecule has 0 atom stereocenters. The number of ether oxygens (including phenoxy) is 1. The van der Waals surface area contributed by atoms with Crippen LogP contribution in [0.3, 0.4) is 0 Å². The van der Waals surface area contributed by atoms with E-state index in [0.717, 1.165) is 24.3 Å². The Morgan fingerprint density at radius 3 is 2.56 bits per heavy atom. The molecule has 2 aromatic rings. The Morgan fingerprint density at radius 2 is 1.93 bits per heavy atom. The summed E-state index contributed by atoms with van der Waals surface area (Å²) < 4.78 is 10.4. The monoisotopic (exact) mass is 371 g/mol. The Bertz CT molecular complexity index is 735. The number of likely N-dealkylation sites (tertiary alicyclic amines) is 1. The van der Waals surface area contributed by atoms with Crippen molar-refractivity contribution in [3.05, 3.63) is 48.4 Å². The Kier molecular flexibility index (Phi) is 6.35. The summed E-state index contributed by atoms with van der Waals surface area (Å²) in [7, 11) is 0. The number of urea groups is 1. The van der Waals surface area contributed by atoms with Crippen molar-refractivity contribution in [2.45, 2.75) is 19.8 Å². The Morgan fingerprint density at radius 1 is 1.19 bits per heavy atom. The van der Waals surface area contributed by atoms with Crippen molar-refractivity contribution < 1.29 is 18.7 Å². The van der Waals surface area contributed by atoms with Crippen LogP contribution in [0.4, 0.5) is 10.5 Å².